The maximum absolute atomic E-state index is 14.0. The van der Waals surface area contributed by atoms with Crippen LogP contribution in [-0.4, -0.2) is 42.9 Å². The van der Waals surface area contributed by atoms with Crippen LogP contribution in [0, 0.1) is 5.82 Å². The number of carbonyl (C=O) groups is 1. The molecule has 1 fully saturated rings. The quantitative estimate of drug-likeness (QED) is 0.802. The van der Waals surface area contributed by atoms with E-state index in [0.29, 0.717) is 0 Å². The second-order valence-corrected chi connectivity index (χ2v) is 7.47. The predicted molar refractivity (Wildman–Crippen MR) is 96.0 cm³/mol. The van der Waals surface area contributed by atoms with E-state index in [1.165, 1.54) is 17.2 Å². The maximum atomic E-state index is 14.0. The zero-order chi connectivity index (χ0) is 17.6. The van der Waals surface area contributed by atoms with Crippen molar-refractivity contribution in [1.82, 2.24) is 9.80 Å². The van der Waals surface area contributed by atoms with Crippen LogP contribution >= 0.6 is 0 Å². The van der Waals surface area contributed by atoms with Gasteiger partial charge in [0.25, 0.3) is 0 Å². The monoisotopic (exact) mass is 338 g/mol. The molecule has 2 aliphatic rings. The van der Waals surface area contributed by atoms with Gasteiger partial charge < -0.3 is 9.80 Å². The molecule has 0 saturated carbocycles. The SMILES string of the molecule is CN(C)C[C@H]1C[C@@H]2c3ccccc3Cc3ccc(F)cc3[C@H]2N1C=O. The Morgan fingerprint density at radius 1 is 1.16 bits per heavy atom. The third kappa shape index (κ3) is 2.74. The van der Waals surface area contributed by atoms with Crippen LogP contribution in [0.5, 0.6) is 0 Å². The lowest BCUT2D eigenvalue weighted by Crippen LogP contribution is -2.38. The first kappa shape index (κ1) is 16.3. The Hall–Kier alpha value is -2.20. The Morgan fingerprint density at radius 3 is 2.68 bits per heavy atom. The van der Waals surface area contributed by atoms with Gasteiger partial charge in [-0.3, -0.25) is 4.79 Å². The number of likely N-dealkylation sites (tertiary alicyclic amines) is 1. The second-order valence-electron chi connectivity index (χ2n) is 7.47. The van der Waals surface area contributed by atoms with E-state index in [9.17, 15) is 9.18 Å². The smallest absolute Gasteiger partial charge is 0.210 e. The molecule has 2 aromatic carbocycles. The molecule has 3 atom stereocenters. The van der Waals surface area contributed by atoms with Gasteiger partial charge >= 0.3 is 0 Å². The molecule has 130 valence electrons. The molecule has 4 heteroatoms. The highest BCUT2D eigenvalue weighted by molar-refractivity contribution is 5.55. The number of carbonyl (C=O) groups excluding carboxylic acids is 1. The van der Waals surface area contributed by atoms with E-state index >= 15 is 0 Å². The van der Waals surface area contributed by atoms with Gasteiger partial charge in [-0.1, -0.05) is 30.3 Å². The number of rotatable bonds is 3. The van der Waals surface area contributed by atoms with Crippen LogP contribution < -0.4 is 0 Å². The van der Waals surface area contributed by atoms with Crippen molar-refractivity contribution in [3.05, 3.63) is 70.5 Å². The molecular formula is C21H23FN2O. The van der Waals surface area contributed by atoms with E-state index in [-0.39, 0.29) is 23.8 Å². The molecule has 0 aromatic heterocycles. The molecule has 0 unspecified atom stereocenters. The number of hydrogen-bond donors (Lipinski definition) is 0. The molecular weight excluding hydrogens is 315 g/mol. The lowest BCUT2D eigenvalue weighted by atomic mass is 9.87. The van der Waals surface area contributed by atoms with E-state index in [4.69, 9.17) is 0 Å². The summed E-state index contributed by atoms with van der Waals surface area (Å²) in [6, 6.07) is 13.6. The summed E-state index contributed by atoms with van der Waals surface area (Å²) in [5.41, 5.74) is 4.68. The van der Waals surface area contributed by atoms with Crippen molar-refractivity contribution < 1.29 is 9.18 Å². The summed E-state index contributed by atoms with van der Waals surface area (Å²) < 4.78 is 14.0. The van der Waals surface area contributed by atoms with Gasteiger partial charge in [0.15, 0.2) is 0 Å². The molecule has 1 amide bonds. The lowest BCUT2D eigenvalue weighted by molar-refractivity contribution is -0.121. The Labute approximate surface area is 148 Å². The van der Waals surface area contributed by atoms with Crippen LogP contribution in [-0.2, 0) is 11.2 Å². The van der Waals surface area contributed by atoms with Gasteiger partial charge in [0.2, 0.25) is 6.41 Å². The van der Waals surface area contributed by atoms with Gasteiger partial charge in [-0.15, -0.1) is 0 Å². The van der Waals surface area contributed by atoms with Gasteiger partial charge in [0.05, 0.1) is 6.04 Å². The number of likely N-dealkylation sites (N-methyl/N-ethyl adjacent to an activating group) is 1. The fourth-order valence-electron chi connectivity index (χ4n) is 4.66. The highest BCUT2D eigenvalue weighted by atomic mass is 19.1. The number of nitrogens with zero attached hydrogens (tertiary/aromatic N) is 2. The van der Waals surface area contributed by atoms with Crippen molar-refractivity contribution in [1.29, 1.82) is 0 Å². The molecule has 0 N–H and O–H groups in total. The van der Waals surface area contributed by atoms with Crippen molar-refractivity contribution in [3.63, 3.8) is 0 Å². The largest absolute Gasteiger partial charge is 0.333 e. The van der Waals surface area contributed by atoms with Crippen molar-refractivity contribution in [2.45, 2.75) is 30.8 Å². The third-order valence-corrected chi connectivity index (χ3v) is 5.61. The van der Waals surface area contributed by atoms with E-state index < -0.39 is 0 Å². The Kier molecular flexibility index (Phi) is 4.08. The first-order valence-electron chi connectivity index (χ1n) is 8.82. The predicted octanol–water partition coefficient (Wildman–Crippen LogP) is 3.35. The zero-order valence-corrected chi connectivity index (χ0v) is 14.7. The second kappa shape index (κ2) is 6.26. The number of amides is 1. The summed E-state index contributed by atoms with van der Waals surface area (Å²) >= 11 is 0. The summed E-state index contributed by atoms with van der Waals surface area (Å²) in [4.78, 5) is 16.0. The minimum Gasteiger partial charge on any atom is -0.333 e. The zero-order valence-electron chi connectivity index (χ0n) is 14.7. The van der Waals surface area contributed by atoms with Crippen LogP contribution in [0.2, 0.25) is 0 Å². The Bertz CT molecular complexity index is 804. The average molecular weight is 338 g/mol. The highest BCUT2D eigenvalue weighted by Gasteiger charge is 2.44. The normalized spacial score (nSPS) is 24.5. The first-order chi connectivity index (χ1) is 12.1. The molecule has 1 heterocycles. The molecule has 1 aliphatic carbocycles. The topological polar surface area (TPSA) is 23.6 Å². The van der Waals surface area contributed by atoms with Crippen LogP contribution in [0.3, 0.4) is 0 Å². The van der Waals surface area contributed by atoms with E-state index in [0.717, 1.165) is 36.9 Å². The van der Waals surface area contributed by atoms with Crippen LogP contribution in [0.15, 0.2) is 42.5 Å². The standard InChI is InChI=1S/C21H23FN2O/c1-23(2)12-17-11-20-18-6-4-3-5-14(18)9-15-7-8-16(22)10-19(15)21(20)24(17)13-25/h3-8,10,13,17,20-21H,9,11-12H2,1-2H3/t17-,20-,21-/m1/s1. The number of fused-ring (bicyclic) bond motifs is 5. The number of hydrogen-bond acceptors (Lipinski definition) is 2. The minimum atomic E-state index is -0.231. The van der Waals surface area contributed by atoms with Gasteiger partial charge in [-0.2, -0.15) is 0 Å². The number of halogens is 1. The molecule has 0 bridgehead atoms. The lowest BCUT2D eigenvalue weighted by Gasteiger charge is -2.30. The molecule has 1 saturated heterocycles. The van der Waals surface area contributed by atoms with Crippen molar-refractivity contribution >= 4 is 6.41 Å². The van der Waals surface area contributed by atoms with Crippen molar-refractivity contribution in [3.8, 4) is 0 Å². The van der Waals surface area contributed by atoms with Gasteiger partial charge in [0, 0.05) is 18.5 Å². The van der Waals surface area contributed by atoms with Crippen LogP contribution in [0.25, 0.3) is 0 Å². The summed E-state index contributed by atoms with van der Waals surface area (Å²) in [7, 11) is 4.05. The fraction of sp³-hybridized carbons (Fsp3) is 0.381. The Morgan fingerprint density at radius 2 is 1.92 bits per heavy atom. The van der Waals surface area contributed by atoms with Crippen molar-refractivity contribution in [2.24, 2.45) is 0 Å². The average Bonchev–Trinajstić information content (AvgIpc) is 2.87. The van der Waals surface area contributed by atoms with Gasteiger partial charge in [0.1, 0.15) is 5.82 Å². The molecule has 2 aromatic rings. The van der Waals surface area contributed by atoms with Gasteiger partial charge in [-0.25, -0.2) is 4.39 Å². The summed E-state index contributed by atoms with van der Waals surface area (Å²) in [6.07, 6.45) is 2.67. The fourth-order valence-corrected chi connectivity index (χ4v) is 4.66. The molecule has 25 heavy (non-hydrogen) atoms. The maximum Gasteiger partial charge on any atom is 0.210 e. The molecule has 4 rings (SSSR count). The van der Waals surface area contributed by atoms with Crippen LogP contribution in [0.4, 0.5) is 4.39 Å². The van der Waals surface area contributed by atoms with Crippen molar-refractivity contribution in [2.75, 3.05) is 20.6 Å². The van der Waals surface area contributed by atoms with E-state index in [1.54, 1.807) is 6.07 Å². The minimum absolute atomic E-state index is 0.0863. The van der Waals surface area contributed by atoms with Crippen LogP contribution in [0.1, 0.15) is 40.6 Å². The first-order valence-corrected chi connectivity index (χ1v) is 8.82. The molecule has 3 nitrogen and oxygen atoms in total. The summed E-state index contributed by atoms with van der Waals surface area (Å²) in [5, 5.41) is 0. The number of benzene rings is 2. The third-order valence-electron chi connectivity index (χ3n) is 5.61. The molecule has 1 aliphatic heterocycles. The molecule has 0 spiro atoms. The Balaban J connectivity index is 1.88. The van der Waals surface area contributed by atoms with E-state index in [2.05, 4.69) is 29.2 Å². The molecule has 0 radical (unpaired) electrons. The van der Waals surface area contributed by atoms with E-state index in [1.807, 2.05) is 25.1 Å². The van der Waals surface area contributed by atoms with Gasteiger partial charge in [-0.05, 0) is 61.3 Å². The summed E-state index contributed by atoms with van der Waals surface area (Å²) in [5.74, 6) is -0.0141. The highest BCUT2D eigenvalue weighted by Crippen LogP contribution is 2.50. The summed E-state index contributed by atoms with van der Waals surface area (Å²) in [6.45, 7) is 0.818.